The zero-order valence-electron chi connectivity index (χ0n) is 7.91. The second-order valence-electron chi connectivity index (χ2n) is 3.48. The number of nitrogens with two attached hydrogens (primary N) is 1. The van der Waals surface area contributed by atoms with Gasteiger partial charge in [0.25, 0.3) is 0 Å². The Morgan fingerprint density at radius 2 is 2.27 bits per heavy atom. The third-order valence-corrected chi connectivity index (χ3v) is 2.75. The maximum Gasteiger partial charge on any atom is 0.244 e. The summed E-state index contributed by atoms with van der Waals surface area (Å²) >= 11 is 5.85. The van der Waals surface area contributed by atoms with Crippen molar-refractivity contribution < 1.29 is 9.18 Å². The average Bonchev–Trinajstić information content (AvgIpc) is 2.49. The Bertz CT molecular complexity index is 410. The molecule has 0 aliphatic carbocycles. The maximum absolute atomic E-state index is 12.8. The highest BCUT2D eigenvalue weighted by Gasteiger charge is 2.30. The van der Waals surface area contributed by atoms with Crippen LogP contribution in [0, 0.1) is 5.82 Å². The molecule has 2 rings (SSSR count). The molecule has 5 heteroatoms. The number of anilines is 1. The van der Waals surface area contributed by atoms with E-state index in [0.29, 0.717) is 18.7 Å². The van der Waals surface area contributed by atoms with Crippen LogP contribution >= 0.6 is 11.6 Å². The number of hydrogen-bond donors (Lipinski definition) is 1. The molecule has 15 heavy (non-hydrogen) atoms. The molecule has 1 fully saturated rings. The number of amides is 1. The number of carbonyl (C=O) groups excluding carboxylic acids is 1. The summed E-state index contributed by atoms with van der Waals surface area (Å²) in [6.45, 7) is 0.533. The van der Waals surface area contributed by atoms with E-state index in [0.717, 1.165) is 0 Å². The van der Waals surface area contributed by atoms with Gasteiger partial charge in [-0.1, -0.05) is 11.6 Å². The summed E-state index contributed by atoms with van der Waals surface area (Å²) in [5.74, 6) is -0.580. The number of halogens is 2. The van der Waals surface area contributed by atoms with E-state index in [-0.39, 0.29) is 10.9 Å². The van der Waals surface area contributed by atoms with E-state index < -0.39 is 11.9 Å². The molecule has 0 aromatic heterocycles. The lowest BCUT2D eigenvalue weighted by Gasteiger charge is -2.17. The van der Waals surface area contributed by atoms with Gasteiger partial charge in [0, 0.05) is 6.54 Å². The quantitative estimate of drug-likeness (QED) is 0.793. The molecule has 1 atom stereocenters. The van der Waals surface area contributed by atoms with Crippen LogP contribution in [0.3, 0.4) is 0 Å². The van der Waals surface area contributed by atoms with Crippen molar-refractivity contribution >= 4 is 23.2 Å². The van der Waals surface area contributed by atoms with Crippen LogP contribution in [-0.4, -0.2) is 18.5 Å². The van der Waals surface area contributed by atoms with Gasteiger partial charge in [-0.05, 0) is 24.6 Å². The number of rotatable bonds is 1. The largest absolute Gasteiger partial charge is 0.320 e. The predicted octanol–water partition coefficient (Wildman–Crippen LogP) is 1.54. The molecule has 0 spiro atoms. The molecule has 1 aromatic rings. The summed E-state index contributed by atoms with van der Waals surface area (Å²) < 4.78 is 12.8. The summed E-state index contributed by atoms with van der Waals surface area (Å²) in [5, 5.41) is 0.234. The van der Waals surface area contributed by atoms with Crippen LogP contribution in [0.5, 0.6) is 0 Å². The molecule has 1 unspecified atom stereocenters. The topological polar surface area (TPSA) is 46.3 Å². The Balaban J connectivity index is 2.34. The van der Waals surface area contributed by atoms with Crippen molar-refractivity contribution in [3.05, 3.63) is 29.0 Å². The van der Waals surface area contributed by atoms with E-state index >= 15 is 0 Å². The number of hydrogen-bond acceptors (Lipinski definition) is 2. The van der Waals surface area contributed by atoms with Gasteiger partial charge in [-0.2, -0.15) is 0 Å². The Kier molecular flexibility index (Phi) is 2.63. The molecule has 1 saturated heterocycles. The Morgan fingerprint density at radius 1 is 1.53 bits per heavy atom. The van der Waals surface area contributed by atoms with Crippen molar-refractivity contribution in [3.8, 4) is 0 Å². The van der Waals surface area contributed by atoms with Gasteiger partial charge in [-0.3, -0.25) is 4.79 Å². The molecule has 0 bridgehead atoms. The summed E-state index contributed by atoms with van der Waals surface area (Å²) in [6.07, 6.45) is 0.604. The molecule has 1 amide bonds. The minimum atomic E-state index is -0.467. The lowest BCUT2D eigenvalue weighted by molar-refractivity contribution is -0.118. The zero-order chi connectivity index (χ0) is 11.0. The molecule has 1 aliphatic rings. The highest BCUT2D eigenvalue weighted by Crippen LogP contribution is 2.29. The molecule has 1 heterocycles. The Morgan fingerprint density at radius 3 is 2.80 bits per heavy atom. The molecule has 0 radical (unpaired) electrons. The lowest BCUT2D eigenvalue weighted by atomic mass is 10.3. The van der Waals surface area contributed by atoms with Crippen LogP contribution in [0.2, 0.25) is 5.02 Å². The Hall–Kier alpha value is -1.13. The van der Waals surface area contributed by atoms with Gasteiger partial charge in [0.1, 0.15) is 5.82 Å². The molecule has 3 nitrogen and oxygen atoms in total. The number of nitrogens with zero attached hydrogens (tertiary/aromatic N) is 1. The highest BCUT2D eigenvalue weighted by molar-refractivity contribution is 6.34. The standard InChI is InChI=1S/C10H10ClFN2O/c11-7-5-6(12)1-2-9(7)14-4-3-8(13)10(14)15/h1-2,5,8H,3-4,13H2. The average molecular weight is 229 g/mol. The minimum absolute atomic E-state index is 0.163. The Labute approximate surface area is 91.6 Å². The van der Waals surface area contributed by atoms with Crippen LogP contribution in [0.15, 0.2) is 18.2 Å². The smallest absolute Gasteiger partial charge is 0.244 e. The van der Waals surface area contributed by atoms with Gasteiger partial charge in [-0.25, -0.2) is 4.39 Å². The van der Waals surface area contributed by atoms with Gasteiger partial charge in [-0.15, -0.1) is 0 Å². The number of carbonyl (C=O) groups is 1. The van der Waals surface area contributed by atoms with E-state index in [4.69, 9.17) is 17.3 Å². The maximum atomic E-state index is 12.8. The molecule has 1 aromatic carbocycles. The lowest BCUT2D eigenvalue weighted by Crippen LogP contribution is -2.34. The fourth-order valence-electron chi connectivity index (χ4n) is 1.64. The summed E-state index contributed by atoms with van der Waals surface area (Å²) in [7, 11) is 0. The van der Waals surface area contributed by atoms with Crippen molar-refractivity contribution in [1.29, 1.82) is 0 Å². The van der Waals surface area contributed by atoms with Gasteiger partial charge in [0.2, 0.25) is 5.91 Å². The summed E-state index contributed by atoms with van der Waals surface area (Å²) in [5.41, 5.74) is 6.10. The van der Waals surface area contributed by atoms with E-state index in [2.05, 4.69) is 0 Å². The van der Waals surface area contributed by atoms with Gasteiger partial charge in [0.15, 0.2) is 0 Å². The van der Waals surface area contributed by atoms with Gasteiger partial charge < -0.3 is 10.6 Å². The van der Waals surface area contributed by atoms with Crippen molar-refractivity contribution in [2.45, 2.75) is 12.5 Å². The van der Waals surface area contributed by atoms with E-state index in [1.807, 2.05) is 0 Å². The van der Waals surface area contributed by atoms with Crippen LogP contribution in [0.25, 0.3) is 0 Å². The number of benzene rings is 1. The van der Waals surface area contributed by atoms with Crippen LogP contribution in [0.4, 0.5) is 10.1 Å². The molecule has 1 aliphatic heterocycles. The molecule has 2 N–H and O–H groups in total. The molecule has 0 saturated carbocycles. The van der Waals surface area contributed by atoms with Crippen LogP contribution < -0.4 is 10.6 Å². The van der Waals surface area contributed by atoms with Crippen molar-refractivity contribution in [2.75, 3.05) is 11.4 Å². The van der Waals surface area contributed by atoms with Crippen LogP contribution in [-0.2, 0) is 4.79 Å². The van der Waals surface area contributed by atoms with Crippen molar-refractivity contribution in [3.63, 3.8) is 0 Å². The second kappa shape index (κ2) is 3.79. The highest BCUT2D eigenvalue weighted by atomic mass is 35.5. The van der Waals surface area contributed by atoms with Gasteiger partial charge in [0.05, 0.1) is 16.8 Å². The third-order valence-electron chi connectivity index (χ3n) is 2.45. The first-order chi connectivity index (χ1) is 7.09. The first kappa shape index (κ1) is 10.4. The first-order valence-electron chi connectivity index (χ1n) is 4.61. The molecule has 80 valence electrons. The predicted molar refractivity (Wildman–Crippen MR) is 56.4 cm³/mol. The third kappa shape index (κ3) is 1.82. The fourth-order valence-corrected chi connectivity index (χ4v) is 1.91. The summed E-state index contributed by atoms with van der Waals surface area (Å²) in [4.78, 5) is 13.1. The molecular weight excluding hydrogens is 219 g/mol. The van der Waals surface area contributed by atoms with E-state index in [9.17, 15) is 9.18 Å². The fraction of sp³-hybridized carbons (Fsp3) is 0.300. The van der Waals surface area contributed by atoms with E-state index in [1.54, 1.807) is 0 Å². The second-order valence-corrected chi connectivity index (χ2v) is 3.89. The van der Waals surface area contributed by atoms with Crippen molar-refractivity contribution in [2.24, 2.45) is 5.73 Å². The van der Waals surface area contributed by atoms with Crippen LogP contribution in [0.1, 0.15) is 6.42 Å². The van der Waals surface area contributed by atoms with Crippen molar-refractivity contribution in [1.82, 2.24) is 0 Å². The van der Waals surface area contributed by atoms with E-state index in [1.165, 1.54) is 23.1 Å². The SMILES string of the molecule is NC1CCN(c2ccc(F)cc2Cl)C1=O. The monoisotopic (exact) mass is 228 g/mol. The molecular formula is C10H10ClFN2O. The first-order valence-corrected chi connectivity index (χ1v) is 4.99. The minimum Gasteiger partial charge on any atom is -0.320 e. The normalized spacial score (nSPS) is 21.1. The summed E-state index contributed by atoms with van der Waals surface area (Å²) in [6, 6.07) is 3.49. The van der Waals surface area contributed by atoms with Gasteiger partial charge >= 0.3 is 0 Å². The zero-order valence-corrected chi connectivity index (χ0v) is 8.67.